The maximum Gasteiger partial charge on any atom is 0.275 e. The van der Waals surface area contributed by atoms with Crippen LogP contribution in [0.5, 0.6) is 5.75 Å². The molecule has 6 nitrogen and oxygen atoms in total. The first-order valence-electron chi connectivity index (χ1n) is 6.32. The minimum Gasteiger partial charge on any atom is -0.493 e. The number of fused-ring (bicyclic) bond motifs is 1. The zero-order valence-electron chi connectivity index (χ0n) is 10.7. The summed E-state index contributed by atoms with van der Waals surface area (Å²) in [6.45, 7) is 0.647. The Kier molecular flexibility index (Phi) is 2.98. The summed E-state index contributed by atoms with van der Waals surface area (Å²) in [7, 11) is 0. The molecule has 1 aliphatic heterocycles. The molecule has 0 amide bonds. The summed E-state index contributed by atoms with van der Waals surface area (Å²) in [6.07, 6.45) is 1.91. The Morgan fingerprint density at radius 2 is 2.20 bits per heavy atom. The van der Waals surface area contributed by atoms with Crippen molar-refractivity contribution in [3.05, 3.63) is 46.0 Å². The van der Waals surface area contributed by atoms with Gasteiger partial charge in [0.15, 0.2) is 0 Å². The number of nitrogen functional groups attached to an aromatic ring is 1. The van der Waals surface area contributed by atoms with Gasteiger partial charge in [0.05, 0.1) is 23.3 Å². The third-order valence-electron chi connectivity index (χ3n) is 3.25. The normalized spacial score (nSPS) is 13.4. The van der Waals surface area contributed by atoms with Crippen LogP contribution in [0.2, 0.25) is 0 Å². The first-order valence-corrected chi connectivity index (χ1v) is 6.32. The van der Waals surface area contributed by atoms with Crippen LogP contribution < -0.4 is 10.5 Å². The number of nitro groups is 1. The fraction of sp³-hybridized carbons (Fsp3) is 0.214. The first kappa shape index (κ1) is 12.4. The molecule has 2 N–H and O–H groups in total. The first-order chi connectivity index (χ1) is 9.65. The number of rotatable bonds is 2. The van der Waals surface area contributed by atoms with Gasteiger partial charge in [0.1, 0.15) is 11.6 Å². The van der Waals surface area contributed by atoms with Crippen molar-refractivity contribution in [2.75, 3.05) is 12.3 Å². The van der Waals surface area contributed by atoms with Gasteiger partial charge in [0.2, 0.25) is 0 Å². The molecule has 0 unspecified atom stereocenters. The number of para-hydroxylation sites is 1. The van der Waals surface area contributed by atoms with Crippen molar-refractivity contribution < 1.29 is 9.66 Å². The van der Waals surface area contributed by atoms with Crippen molar-refractivity contribution >= 4 is 11.5 Å². The molecule has 2 heterocycles. The van der Waals surface area contributed by atoms with E-state index in [0.717, 1.165) is 29.7 Å². The fourth-order valence-electron chi connectivity index (χ4n) is 2.37. The topological polar surface area (TPSA) is 91.3 Å². The van der Waals surface area contributed by atoms with Crippen LogP contribution in [0.4, 0.5) is 11.5 Å². The number of pyridine rings is 1. The maximum atomic E-state index is 10.9. The van der Waals surface area contributed by atoms with E-state index in [4.69, 9.17) is 10.5 Å². The predicted molar refractivity (Wildman–Crippen MR) is 74.6 cm³/mol. The second-order valence-electron chi connectivity index (χ2n) is 4.64. The Morgan fingerprint density at radius 3 is 3.00 bits per heavy atom. The molecule has 3 rings (SSSR count). The predicted octanol–water partition coefficient (Wildman–Crippen LogP) is 2.56. The van der Waals surface area contributed by atoms with E-state index < -0.39 is 4.92 Å². The highest BCUT2D eigenvalue weighted by Crippen LogP contribution is 2.36. The maximum absolute atomic E-state index is 10.9. The molecule has 20 heavy (non-hydrogen) atoms. The van der Waals surface area contributed by atoms with Crippen LogP contribution >= 0.6 is 0 Å². The van der Waals surface area contributed by atoms with Crippen LogP contribution in [-0.4, -0.2) is 16.5 Å². The molecule has 0 aliphatic carbocycles. The number of nitrogens with two attached hydrogens (primary N) is 1. The number of benzene rings is 1. The highest BCUT2D eigenvalue weighted by molar-refractivity contribution is 5.72. The number of aromatic nitrogens is 1. The molecular formula is C14H13N3O3. The second kappa shape index (κ2) is 4.80. The van der Waals surface area contributed by atoms with Gasteiger partial charge < -0.3 is 10.5 Å². The number of ether oxygens (including phenoxy) is 1. The lowest BCUT2D eigenvalue weighted by Gasteiger charge is -2.20. The summed E-state index contributed by atoms with van der Waals surface area (Å²) in [5.74, 6) is 0.883. The average molecular weight is 271 g/mol. The monoisotopic (exact) mass is 271 g/mol. The Bertz CT molecular complexity index is 685. The van der Waals surface area contributed by atoms with Gasteiger partial charge in [-0.3, -0.25) is 10.1 Å². The van der Waals surface area contributed by atoms with E-state index in [-0.39, 0.29) is 11.5 Å². The van der Waals surface area contributed by atoms with Gasteiger partial charge in [-0.25, -0.2) is 4.98 Å². The molecule has 1 aromatic heterocycles. The number of aryl methyl sites for hydroxylation is 1. The summed E-state index contributed by atoms with van der Waals surface area (Å²) in [5, 5.41) is 10.9. The zero-order chi connectivity index (χ0) is 14.1. The van der Waals surface area contributed by atoms with E-state index in [2.05, 4.69) is 4.98 Å². The SMILES string of the molecule is Nc1cc([N+](=O)[O-])cc(-c2cccc3c2OCCC3)n1. The Labute approximate surface area is 115 Å². The molecule has 1 aliphatic rings. The van der Waals surface area contributed by atoms with Crippen LogP contribution in [-0.2, 0) is 6.42 Å². The van der Waals surface area contributed by atoms with E-state index in [1.54, 1.807) is 0 Å². The van der Waals surface area contributed by atoms with E-state index >= 15 is 0 Å². The average Bonchev–Trinajstić information content (AvgIpc) is 2.46. The summed E-state index contributed by atoms with van der Waals surface area (Å²) in [6, 6.07) is 8.41. The number of hydrogen-bond donors (Lipinski definition) is 1. The van der Waals surface area contributed by atoms with E-state index in [0.29, 0.717) is 12.3 Å². The number of anilines is 1. The lowest BCUT2D eigenvalue weighted by molar-refractivity contribution is -0.384. The van der Waals surface area contributed by atoms with Crippen molar-refractivity contribution in [1.29, 1.82) is 0 Å². The van der Waals surface area contributed by atoms with Gasteiger partial charge in [-0.1, -0.05) is 12.1 Å². The van der Waals surface area contributed by atoms with Gasteiger partial charge in [0.25, 0.3) is 5.69 Å². The molecule has 6 heteroatoms. The second-order valence-corrected chi connectivity index (χ2v) is 4.64. The van der Waals surface area contributed by atoms with Gasteiger partial charge in [-0.15, -0.1) is 0 Å². The van der Waals surface area contributed by atoms with Crippen molar-refractivity contribution in [2.24, 2.45) is 0 Å². The Morgan fingerprint density at radius 1 is 1.35 bits per heavy atom. The standard InChI is InChI=1S/C14H13N3O3/c15-13-8-10(17(18)19)7-12(16-13)11-5-1-3-9-4-2-6-20-14(9)11/h1,3,5,7-8H,2,4,6H2,(H2,15,16). The van der Waals surface area contributed by atoms with E-state index in [1.807, 2.05) is 18.2 Å². The van der Waals surface area contributed by atoms with Crippen molar-refractivity contribution in [3.8, 4) is 17.0 Å². The quantitative estimate of drug-likeness (QED) is 0.669. The highest BCUT2D eigenvalue weighted by atomic mass is 16.6. The van der Waals surface area contributed by atoms with Gasteiger partial charge in [-0.2, -0.15) is 0 Å². The highest BCUT2D eigenvalue weighted by Gasteiger charge is 2.18. The molecular weight excluding hydrogens is 258 g/mol. The minimum atomic E-state index is -0.474. The minimum absolute atomic E-state index is 0.0686. The summed E-state index contributed by atoms with van der Waals surface area (Å²) < 4.78 is 5.70. The lowest BCUT2D eigenvalue weighted by Crippen LogP contribution is -2.09. The van der Waals surface area contributed by atoms with Crippen molar-refractivity contribution in [1.82, 2.24) is 4.98 Å². The van der Waals surface area contributed by atoms with E-state index in [1.165, 1.54) is 12.1 Å². The molecule has 0 bridgehead atoms. The van der Waals surface area contributed by atoms with Gasteiger partial charge in [0, 0.05) is 11.6 Å². The van der Waals surface area contributed by atoms with Crippen LogP contribution in [0.15, 0.2) is 30.3 Å². The molecule has 102 valence electrons. The number of nitrogens with zero attached hydrogens (tertiary/aromatic N) is 2. The van der Waals surface area contributed by atoms with Crippen LogP contribution in [0, 0.1) is 10.1 Å². The van der Waals surface area contributed by atoms with Crippen LogP contribution in [0.25, 0.3) is 11.3 Å². The van der Waals surface area contributed by atoms with Crippen LogP contribution in [0.1, 0.15) is 12.0 Å². The molecule has 0 atom stereocenters. The van der Waals surface area contributed by atoms with E-state index in [9.17, 15) is 10.1 Å². The molecule has 0 spiro atoms. The van der Waals surface area contributed by atoms with Gasteiger partial charge >= 0.3 is 0 Å². The van der Waals surface area contributed by atoms with Gasteiger partial charge in [-0.05, 0) is 24.5 Å². The molecule has 0 radical (unpaired) electrons. The molecule has 1 aromatic carbocycles. The summed E-state index contributed by atoms with van der Waals surface area (Å²) in [4.78, 5) is 14.6. The van der Waals surface area contributed by atoms with Crippen molar-refractivity contribution in [3.63, 3.8) is 0 Å². The van der Waals surface area contributed by atoms with Crippen molar-refractivity contribution in [2.45, 2.75) is 12.8 Å². The Balaban J connectivity index is 2.16. The largest absolute Gasteiger partial charge is 0.493 e. The Hall–Kier alpha value is -2.63. The molecule has 0 saturated heterocycles. The lowest BCUT2D eigenvalue weighted by atomic mass is 10.00. The summed E-state index contributed by atoms with van der Waals surface area (Å²) in [5.41, 5.74) is 7.90. The third kappa shape index (κ3) is 2.16. The fourth-order valence-corrected chi connectivity index (χ4v) is 2.37. The third-order valence-corrected chi connectivity index (χ3v) is 3.25. The molecule has 0 saturated carbocycles. The van der Waals surface area contributed by atoms with Crippen LogP contribution in [0.3, 0.4) is 0 Å². The number of hydrogen-bond acceptors (Lipinski definition) is 5. The zero-order valence-corrected chi connectivity index (χ0v) is 10.7. The molecule has 2 aromatic rings. The summed E-state index contributed by atoms with van der Waals surface area (Å²) >= 11 is 0. The molecule has 0 fully saturated rings. The smallest absolute Gasteiger partial charge is 0.275 e.